The minimum absolute atomic E-state index is 0. The molecule has 0 bridgehead atoms. The SMILES string of the molecule is C.CC.CC.CC.CCBr.CCOc1ccc(N)cc1.CCOc1ccc([N+](=O)[O-])cc1.I.O=[N+]([O-])c1ccc(O)cc1. The maximum atomic E-state index is 10.2. The predicted molar refractivity (Wildman–Crippen MR) is 197 cm³/mol. The highest BCUT2D eigenvalue weighted by atomic mass is 127. The molecule has 0 amide bonds. The number of ether oxygens (including phenoxy) is 2. The molecule has 0 unspecified atom stereocenters. The first kappa shape index (κ1) is 52.5. The van der Waals surface area contributed by atoms with Crippen LogP contribution < -0.4 is 15.2 Å². The Hall–Kier alpha value is -3.13. The predicted octanol–water partition coefficient (Wildman–Crippen LogP) is 10.7. The zero-order valence-corrected chi connectivity index (χ0v) is 30.1. The number of nitrogen functional groups attached to an aromatic ring is 1. The Kier molecular flexibility index (Phi) is 47.5. The van der Waals surface area contributed by atoms with Gasteiger partial charge < -0.3 is 20.3 Å². The third-order valence-corrected chi connectivity index (χ3v) is 3.61. The molecule has 43 heavy (non-hydrogen) atoms. The van der Waals surface area contributed by atoms with Crippen molar-refractivity contribution in [2.75, 3.05) is 24.3 Å². The second kappa shape index (κ2) is 38.9. The van der Waals surface area contributed by atoms with Crippen molar-refractivity contribution < 1.29 is 24.4 Å². The summed E-state index contributed by atoms with van der Waals surface area (Å²) in [6, 6.07) is 18.4. The lowest BCUT2D eigenvalue weighted by Gasteiger charge is -2.01. The van der Waals surface area contributed by atoms with Gasteiger partial charge in [0.2, 0.25) is 0 Å². The van der Waals surface area contributed by atoms with Gasteiger partial charge in [0.15, 0.2) is 0 Å². The van der Waals surface area contributed by atoms with Crippen LogP contribution in [0.5, 0.6) is 17.2 Å². The number of alkyl halides is 1. The van der Waals surface area contributed by atoms with Crippen LogP contribution in [0.3, 0.4) is 0 Å². The Morgan fingerprint density at radius 1 is 0.674 bits per heavy atom. The number of rotatable bonds is 6. The lowest BCUT2D eigenvalue weighted by Crippen LogP contribution is -1.92. The van der Waals surface area contributed by atoms with Gasteiger partial charge in [0.05, 0.1) is 23.1 Å². The van der Waals surface area contributed by atoms with E-state index in [1.165, 1.54) is 36.4 Å². The van der Waals surface area contributed by atoms with Gasteiger partial charge in [0.25, 0.3) is 11.4 Å². The molecule has 0 heterocycles. The first-order valence-electron chi connectivity index (χ1n) is 13.5. The Morgan fingerprint density at radius 2 is 0.930 bits per heavy atom. The minimum Gasteiger partial charge on any atom is -0.508 e. The van der Waals surface area contributed by atoms with Crippen LogP contribution in [0.2, 0.25) is 0 Å². The fraction of sp³-hybridized carbons (Fsp3) is 0.419. The molecule has 0 saturated heterocycles. The quantitative estimate of drug-likeness (QED) is 0.0824. The maximum Gasteiger partial charge on any atom is 0.269 e. The average molecular weight is 787 g/mol. The molecule has 10 nitrogen and oxygen atoms in total. The van der Waals surface area contributed by atoms with Crippen molar-refractivity contribution in [3.8, 4) is 17.2 Å². The number of non-ortho nitro benzene ring substituents is 2. The summed E-state index contributed by atoms with van der Waals surface area (Å²) in [5.41, 5.74) is 6.30. The van der Waals surface area contributed by atoms with Crippen LogP contribution >= 0.6 is 39.9 Å². The molecule has 0 aromatic heterocycles. The Balaban J connectivity index is -0.000000103. The fourth-order valence-corrected chi connectivity index (χ4v) is 2.14. The molecule has 3 rings (SSSR count). The number of phenols is 1. The minimum atomic E-state index is -0.514. The lowest BCUT2D eigenvalue weighted by atomic mass is 10.3. The van der Waals surface area contributed by atoms with E-state index in [1.54, 1.807) is 12.1 Å². The Morgan fingerprint density at radius 3 is 1.19 bits per heavy atom. The number of nitro benzene ring substituents is 2. The first-order chi connectivity index (χ1) is 19.7. The van der Waals surface area contributed by atoms with Gasteiger partial charge in [-0.15, -0.1) is 24.0 Å². The Labute approximate surface area is 284 Å². The van der Waals surface area contributed by atoms with E-state index < -0.39 is 9.85 Å². The Bertz CT molecular complexity index is 994. The molecule has 0 fully saturated rings. The number of aromatic hydroxyl groups is 1. The summed E-state index contributed by atoms with van der Waals surface area (Å²) < 4.78 is 10.3. The largest absolute Gasteiger partial charge is 0.508 e. The number of hydrogen-bond acceptors (Lipinski definition) is 8. The number of anilines is 1. The van der Waals surface area contributed by atoms with Crippen LogP contribution in [0.1, 0.15) is 69.7 Å². The molecule has 0 aliphatic carbocycles. The van der Waals surface area contributed by atoms with Crippen molar-refractivity contribution in [1.29, 1.82) is 0 Å². The molecule has 248 valence electrons. The molecule has 0 saturated carbocycles. The molecular formula is C31H53BrIN3O7. The molecule has 3 N–H and O–H groups in total. The van der Waals surface area contributed by atoms with Crippen molar-refractivity contribution in [3.05, 3.63) is 93.0 Å². The van der Waals surface area contributed by atoms with Crippen molar-refractivity contribution in [3.63, 3.8) is 0 Å². The summed E-state index contributed by atoms with van der Waals surface area (Å²) in [5.74, 6) is 1.56. The van der Waals surface area contributed by atoms with Crippen LogP contribution in [0.4, 0.5) is 17.1 Å². The third kappa shape index (κ3) is 31.6. The van der Waals surface area contributed by atoms with E-state index in [4.69, 9.17) is 20.3 Å². The van der Waals surface area contributed by atoms with Gasteiger partial charge in [-0.1, -0.05) is 71.8 Å². The number of nitrogens with zero attached hydrogens (tertiary/aromatic N) is 2. The van der Waals surface area contributed by atoms with Gasteiger partial charge in [-0.25, -0.2) is 0 Å². The standard InChI is InChI=1S/C8H9NO3.C8H11NO.C6H5NO3.C2H5Br.3C2H6.CH4.HI/c1-2-12-8-5-3-7(4-6-8)9(10)11;1-2-10-8-5-3-7(9)4-6-8;8-6-3-1-5(2-4-6)7(9)10;1-2-3;3*1-2;;/h3-6H,2H2,1H3;3-6H,2,9H2,1H3;1-4,8H;2H2,1H3;3*1-2H3;1H4;1H. The normalized spacial score (nSPS) is 7.77. The number of halogens is 2. The van der Waals surface area contributed by atoms with Crippen molar-refractivity contribution in [2.45, 2.75) is 69.7 Å². The summed E-state index contributed by atoms with van der Waals surface area (Å²) in [6.45, 7) is 19.1. The maximum absolute atomic E-state index is 10.2. The third-order valence-electron chi connectivity index (χ3n) is 3.61. The van der Waals surface area contributed by atoms with Gasteiger partial charge >= 0.3 is 0 Å². The topological polar surface area (TPSA) is 151 Å². The van der Waals surface area contributed by atoms with Gasteiger partial charge in [0, 0.05) is 35.3 Å². The molecule has 12 heteroatoms. The van der Waals surface area contributed by atoms with E-state index in [0.717, 1.165) is 16.8 Å². The van der Waals surface area contributed by atoms with E-state index in [0.29, 0.717) is 19.0 Å². The summed E-state index contributed by atoms with van der Waals surface area (Å²) in [7, 11) is 0. The molecule has 3 aromatic rings. The number of nitro groups is 2. The van der Waals surface area contributed by atoms with Crippen LogP contribution in [0.25, 0.3) is 0 Å². The molecule has 0 aliphatic rings. The molecule has 3 aromatic carbocycles. The number of benzene rings is 3. The summed E-state index contributed by atoms with van der Waals surface area (Å²) in [6.07, 6.45) is 0. The smallest absolute Gasteiger partial charge is 0.269 e. The monoisotopic (exact) mass is 785 g/mol. The zero-order chi connectivity index (χ0) is 32.6. The van der Waals surface area contributed by atoms with E-state index in [-0.39, 0.29) is 48.5 Å². The second-order valence-electron chi connectivity index (χ2n) is 6.23. The van der Waals surface area contributed by atoms with Crippen LogP contribution in [-0.4, -0.2) is 33.5 Å². The van der Waals surface area contributed by atoms with Crippen molar-refractivity contribution in [1.82, 2.24) is 0 Å². The van der Waals surface area contributed by atoms with Crippen LogP contribution in [0, 0.1) is 20.2 Å². The van der Waals surface area contributed by atoms with E-state index in [2.05, 4.69) is 15.9 Å². The van der Waals surface area contributed by atoms with E-state index in [1.807, 2.05) is 86.6 Å². The molecular weight excluding hydrogens is 733 g/mol. The van der Waals surface area contributed by atoms with Gasteiger partial charge in [-0.2, -0.15) is 0 Å². The number of phenolic OH excluding ortho intramolecular Hbond substituents is 1. The van der Waals surface area contributed by atoms with Crippen LogP contribution in [0.15, 0.2) is 72.8 Å². The average Bonchev–Trinajstić information content (AvgIpc) is 2.99. The highest BCUT2D eigenvalue weighted by Gasteiger charge is 2.03. The van der Waals surface area contributed by atoms with Crippen LogP contribution in [-0.2, 0) is 0 Å². The number of nitrogens with two attached hydrogens (primary N) is 1. The first-order valence-corrected chi connectivity index (χ1v) is 14.6. The second-order valence-corrected chi connectivity index (χ2v) is 7.35. The van der Waals surface area contributed by atoms with E-state index in [9.17, 15) is 20.2 Å². The number of hydrogen-bond donors (Lipinski definition) is 2. The molecule has 0 atom stereocenters. The van der Waals surface area contributed by atoms with Gasteiger partial charge in [-0.05, 0) is 62.4 Å². The molecule has 0 aliphatic heterocycles. The molecule has 0 spiro atoms. The summed E-state index contributed by atoms with van der Waals surface area (Å²) in [4.78, 5) is 19.3. The highest BCUT2D eigenvalue weighted by Crippen LogP contribution is 2.17. The van der Waals surface area contributed by atoms with Gasteiger partial charge in [-0.3, -0.25) is 20.2 Å². The van der Waals surface area contributed by atoms with E-state index >= 15 is 0 Å². The lowest BCUT2D eigenvalue weighted by molar-refractivity contribution is -0.385. The molecule has 0 radical (unpaired) electrons. The van der Waals surface area contributed by atoms with Gasteiger partial charge in [0.1, 0.15) is 17.2 Å². The van der Waals surface area contributed by atoms with Crippen molar-refractivity contribution in [2.24, 2.45) is 0 Å². The fourth-order valence-electron chi connectivity index (χ4n) is 2.14. The summed E-state index contributed by atoms with van der Waals surface area (Å²) >= 11 is 3.15. The highest BCUT2D eigenvalue weighted by molar-refractivity contribution is 14.0. The van der Waals surface area contributed by atoms with Crippen molar-refractivity contribution >= 4 is 57.0 Å². The summed E-state index contributed by atoms with van der Waals surface area (Å²) in [5, 5.41) is 30.0. The zero-order valence-electron chi connectivity index (χ0n) is 26.2.